The van der Waals surface area contributed by atoms with Gasteiger partial charge in [0.05, 0.1) is 24.3 Å². The summed E-state index contributed by atoms with van der Waals surface area (Å²) >= 11 is 0. The molecule has 0 aromatic heterocycles. The Labute approximate surface area is 109 Å². The topological polar surface area (TPSA) is 36.4 Å². The van der Waals surface area contributed by atoms with Crippen LogP contribution >= 0.6 is 0 Å². The van der Waals surface area contributed by atoms with Gasteiger partial charge in [-0.3, -0.25) is 4.99 Å². The lowest BCUT2D eigenvalue weighted by Gasteiger charge is -2.26. The normalized spacial score (nSPS) is 30.7. The maximum absolute atomic E-state index is 13.2. The van der Waals surface area contributed by atoms with Crippen molar-refractivity contribution in [3.63, 3.8) is 0 Å². The van der Waals surface area contributed by atoms with Gasteiger partial charge < -0.3 is 10.6 Å². The van der Waals surface area contributed by atoms with Gasteiger partial charge in [0.1, 0.15) is 6.17 Å². The highest BCUT2D eigenvalue weighted by Gasteiger charge is 2.34. The fraction of sp³-hybridized carbons (Fsp3) is 0.917. The highest BCUT2D eigenvalue weighted by Crippen LogP contribution is 2.27. The maximum atomic E-state index is 13.2. The van der Waals surface area contributed by atoms with E-state index in [0.717, 1.165) is 12.3 Å². The molecule has 7 heteroatoms. The first kappa shape index (κ1) is 14.6. The SMILES string of the molecule is FC1CCC2N=C(CCNCCC(F)(F)F)NC2C1. The molecule has 2 rings (SSSR count). The average Bonchev–Trinajstić information content (AvgIpc) is 2.68. The number of nitrogens with zero attached hydrogens (tertiary/aromatic N) is 1. The minimum atomic E-state index is -4.11. The minimum absolute atomic E-state index is 0.0732. The van der Waals surface area contributed by atoms with Crippen molar-refractivity contribution in [2.45, 2.75) is 56.5 Å². The Balaban J connectivity index is 1.62. The molecule has 110 valence electrons. The quantitative estimate of drug-likeness (QED) is 0.598. The molecule has 0 aromatic rings. The maximum Gasteiger partial charge on any atom is 0.390 e. The molecule has 0 spiro atoms. The summed E-state index contributed by atoms with van der Waals surface area (Å²) in [6.07, 6.45) is -3.31. The third kappa shape index (κ3) is 4.63. The van der Waals surface area contributed by atoms with Gasteiger partial charge in [-0.2, -0.15) is 13.2 Å². The van der Waals surface area contributed by atoms with Crippen LogP contribution in [0.4, 0.5) is 17.6 Å². The number of fused-ring (bicyclic) bond motifs is 1. The van der Waals surface area contributed by atoms with Gasteiger partial charge in [-0.05, 0) is 12.8 Å². The van der Waals surface area contributed by atoms with Crippen molar-refractivity contribution >= 4 is 5.84 Å². The molecule has 1 heterocycles. The van der Waals surface area contributed by atoms with Gasteiger partial charge >= 0.3 is 6.18 Å². The van der Waals surface area contributed by atoms with Gasteiger partial charge in [-0.15, -0.1) is 0 Å². The molecule has 0 saturated heterocycles. The van der Waals surface area contributed by atoms with Crippen LogP contribution in [0.25, 0.3) is 0 Å². The predicted octanol–water partition coefficient (Wildman–Crippen LogP) is 2.18. The lowest BCUT2D eigenvalue weighted by atomic mass is 9.90. The average molecular weight is 281 g/mol. The molecule has 3 unspecified atom stereocenters. The summed E-state index contributed by atoms with van der Waals surface area (Å²) < 4.78 is 48.9. The lowest BCUT2D eigenvalue weighted by Crippen LogP contribution is -2.40. The smallest absolute Gasteiger partial charge is 0.369 e. The summed E-state index contributed by atoms with van der Waals surface area (Å²) in [7, 11) is 0. The molecule has 1 aliphatic carbocycles. The van der Waals surface area contributed by atoms with Crippen LogP contribution in [0.3, 0.4) is 0 Å². The van der Waals surface area contributed by atoms with Gasteiger partial charge in [-0.1, -0.05) is 0 Å². The molecule has 1 aliphatic heterocycles. The highest BCUT2D eigenvalue weighted by atomic mass is 19.4. The number of hydrogen-bond donors (Lipinski definition) is 2. The summed E-state index contributed by atoms with van der Waals surface area (Å²) in [6, 6.07) is 0.228. The third-order valence-electron chi connectivity index (χ3n) is 3.55. The second-order valence-corrected chi connectivity index (χ2v) is 5.17. The van der Waals surface area contributed by atoms with Crippen molar-refractivity contribution in [1.82, 2.24) is 10.6 Å². The second kappa shape index (κ2) is 6.07. The van der Waals surface area contributed by atoms with E-state index in [0.29, 0.717) is 25.8 Å². The Morgan fingerprint density at radius 3 is 2.79 bits per heavy atom. The first-order valence-electron chi connectivity index (χ1n) is 6.69. The van der Waals surface area contributed by atoms with E-state index >= 15 is 0 Å². The van der Waals surface area contributed by atoms with Gasteiger partial charge in [0.2, 0.25) is 0 Å². The summed E-state index contributed by atoms with van der Waals surface area (Å²) in [4.78, 5) is 4.47. The van der Waals surface area contributed by atoms with Crippen LogP contribution in [0.5, 0.6) is 0 Å². The van der Waals surface area contributed by atoms with E-state index < -0.39 is 18.8 Å². The van der Waals surface area contributed by atoms with E-state index in [1.807, 2.05) is 0 Å². The third-order valence-corrected chi connectivity index (χ3v) is 3.55. The molecular weight excluding hydrogens is 262 g/mol. The van der Waals surface area contributed by atoms with E-state index in [1.54, 1.807) is 0 Å². The fourth-order valence-electron chi connectivity index (χ4n) is 2.56. The molecule has 0 amide bonds. The van der Waals surface area contributed by atoms with Crippen LogP contribution < -0.4 is 10.6 Å². The van der Waals surface area contributed by atoms with Gasteiger partial charge in [-0.25, -0.2) is 4.39 Å². The van der Waals surface area contributed by atoms with E-state index in [9.17, 15) is 17.6 Å². The van der Waals surface area contributed by atoms with Crippen molar-refractivity contribution in [3.05, 3.63) is 0 Å². The van der Waals surface area contributed by atoms with E-state index in [4.69, 9.17) is 0 Å². The van der Waals surface area contributed by atoms with Crippen LogP contribution in [0, 0.1) is 0 Å². The molecule has 1 fully saturated rings. The highest BCUT2D eigenvalue weighted by molar-refractivity contribution is 5.84. The number of amidine groups is 1. The number of rotatable bonds is 5. The monoisotopic (exact) mass is 281 g/mol. The molecule has 0 bridgehead atoms. The summed E-state index contributed by atoms with van der Waals surface area (Å²) in [5.41, 5.74) is 0. The van der Waals surface area contributed by atoms with Crippen molar-refractivity contribution < 1.29 is 17.6 Å². The van der Waals surface area contributed by atoms with Crippen molar-refractivity contribution in [2.24, 2.45) is 4.99 Å². The second-order valence-electron chi connectivity index (χ2n) is 5.17. The van der Waals surface area contributed by atoms with E-state index in [-0.39, 0.29) is 18.6 Å². The minimum Gasteiger partial charge on any atom is -0.369 e. The summed E-state index contributed by atoms with van der Waals surface area (Å²) in [5.74, 6) is 0.795. The number of halogens is 4. The Hall–Kier alpha value is -0.850. The van der Waals surface area contributed by atoms with E-state index in [2.05, 4.69) is 15.6 Å². The zero-order chi connectivity index (χ0) is 13.9. The van der Waals surface area contributed by atoms with Gasteiger partial charge in [0, 0.05) is 25.9 Å². The van der Waals surface area contributed by atoms with Crippen LogP contribution in [0.1, 0.15) is 32.1 Å². The fourth-order valence-corrected chi connectivity index (χ4v) is 2.56. The molecule has 2 N–H and O–H groups in total. The summed E-state index contributed by atoms with van der Waals surface area (Å²) in [6.45, 7) is 0.386. The Morgan fingerprint density at radius 2 is 2.05 bits per heavy atom. The van der Waals surface area contributed by atoms with Crippen LogP contribution in [0.15, 0.2) is 4.99 Å². The molecule has 3 nitrogen and oxygen atoms in total. The standard InChI is InChI=1S/C12H19F4N3/c13-8-1-2-9-10(7-8)19-11(18-9)3-5-17-6-4-12(14,15)16/h8-10,17H,1-7H2,(H,18,19). The van der Waals surface area contributed by atoms with E-state index in [1.165, 1.54) is 0 Å². The van der Waals surface area contributed by atoms with Gasteiger partial charge in [0.25, 0.3) is 0 Å². The Morgan fingerprint density at radius 1 is 1.26 bits per heavy atom. The largest absolute Gasteiger partial charge is 0.390 e. The van der Waals surface area contributed by atoms with Crippen LogP contribution in [-0.4, -0.2) is 43.4 Å². The summed E-state index contributed by atoms with van der Waals surface area (Å²) in [5, 5.41) is 5.92. The predicted molar refractivity (Wildman–Crippen MR) is 65.1 cm³/mol. The number of aliphatic imine (C=N–C) groups is 1. The van der Waals surface area contributed by atoms with Crippen molar-refractivity contribution in [2.75, 3.05) is 13.1 Å². The van der Waals surface area contributed by atoms with Crippen LogP contribution in [-0.2, 0) is 0 Å². The molecule has 19 heavy (non-hydrogen) atoms. The zero-order valence-corrected chi connectivity index (χ0v) is 10.6. The van der Waals surface area contributed by atoms with Crippen molar-refractivity contribution in [3.8, 4) is 0 Å². The molecule has 1 saturated carbocycles. The van der Waals surface area contributed by atoms with Crippen molar-refractivity contribution in [1.29, 1.82) is 0 Å². The molecule has 2 aliphatic rings. The lowest BCUT2D eigenvalue weighted by molar-refractivity contribution is -0.133. The number of nitrogens with one attached hydrogen (secondary N) is 2. The molecule has 0 radical (unpaired) electrons. The first-order chi connectivity index (χ1) is 8.94. The number of hydrogen-bond acceptors (Lipinski definition) is 3. The van der Waals surface area contributed by atoms with Crippen LogP contribution in [0.2, 0.25) is 0 Å². The Bertz CT molecular complexity index is 329. The molecular formula is C12H19F4N3. The number of alkyl halides is 4. The zero-order valence-electron chi connectivity index (χ0n) is 10.6. The first-order valence-corrected chi connectivity index (χ1v) is 6.69. The molecule has 0 aromatic carbocycles. The van der Waals surface area contributed by atoms with Gasteiger partial charge in [0.15, 0.2) is 0 Å². The Kier molecular flexibility index (Phi) is 4.65. The molecule has 3 atom stereocenters.